The van der Waals surface area contributed by atoms with E-state index < -0.39 is 15.9 Å². The largest absolute Gasteiger partial charge is 0.356 e. The van der Waals surface area contributed by atoms with Gasteiger partial charge in [-0.25, -0.2) is 8.42 Å². The van der Waals surface area contributed by atoms with Gasteiger partial charge in [-0.15, -0.1) is 0 Å². The van der Waals surface area contributed by atoms with E-state index in [0.29, 0.717) is 43.2 Å². The van der Waals surface area contributed by atoms with Crippen LogP contribution >= 0.6 is 11.6 Å². The van der Waals surface area contributed by atoms with Crippen molar-refractivity contribution in [3.05, 3.63) is 47.2 Å². The number of carbonyl (C=O) groups is 2. The number of carbonyl (C=O) groups excluding carboxylic acids is 2. The van der Waals surface area contributed by atoms with E-state index in [-0.39, 0.29) is 28.9 Å². The topological polar surface area (TPSA) is 103 Å². The lowest BCUT2D eigenvalue weighted by atomic mass is 9.99. The molecule has 2 N–H and O–H groups in total. The van der Waals surface area contributed by atoms with Gasteiger partial charge in [-0.05, 0) is 56.0 Å². The number of aromatic nitrogens is 1. The van der Waals surface area contributed by atoms with Crippen molar-refractivity contribution in [3.8, 4) is 0 Å². The van der Waals surface area contributed by atoms with E-state index in [9.17, 15) is 18.0 Å². The highest BCUT2D eigenvalue weighted by Gasteiger charge is 2.34. The highest BCUT2D eigenvalue weighted by Crippen LogP contribution is 2.26. The quantitative estimate of drug-likeness (QED) is 0.710. The van der Waals surface area contributed by atoms with Gasteiger partial charge in [0.25, 0.3) is 5.91 Å². The van der Waals surface area contributed by atoms with Crippen molar-refractivity contribution in [3.63, 3.8) is 0 Å². The number of sulfonamides is 1. The Labute approximate surface area is 186 Å². The molecule has 0 bridgehead atoms. The standard InChI is InChI=1S/C21H25ClN4O4S/c22-16-5-7-17(8-6-16)24-20(27)15-4-3-11-26(14-15)31(29,30)18-12-19(23-13-18)21(28)25-9-1-2-10-25/h5-8,12-13,15,23H,1-4,9-11,14H2,(H,24,27). The van der Waals surface area contributed by atoms with Gasteiger partial charge in [0.1, 0.15) is 10.6 Å². The number of benzene rings is 1. The first-order valence-corrected chi connectivity index (χ1v) is 12.2. The van der Waals surface area contributed by atoms with E-state index in [0.717, 1.165) is 12.8 Å². The van der Waals surface area contributed by atoms with Crippen LogP contribution in [0.2, 0.25) is 5.02 Å². The fourth-order valence-electron chi connectivity index (χ4n) is 4.04. The van der Waals surface area contributed by atoms with Crippen LogP contribution in [0.5, 0.6) is 0 Å². The third-order valence-electron chi connectivity index (χ3n) is 5.78. The normalized spacial score (nSPS) is 20.0. The Morgan fingerprint density at radius 3 is 2.48 bits per heavy atom. The Kier molecular flexibility index (Phi) is 6.36. The molecule has 31 heavy (non-hydrogen) atoms. The molecule has 2 aromatic rings. The zero-order chi connectivity index (χ0) is 22.0. The van der Waals surface area contributed by atoms with Crippen LogP contribution in [0.3, 0.4) is 0 Å². The average Bonchev–Trinajstić information content (AvgIpc) is 3.48. The van der Waals surface area contributed by atoms with Gasteiger partial charge in [-0.3, -0.25) is 9.59 Å². The number of nitrogens with zero attached hydrogens (tertiary/aromatic N) is 2. The van der Waals surface area contributed by atoms with E-state index in [1.807, 2.05) is 0 Å². The average molecular weight is 465 g/mol. The molecule has 166 valence electrons. The Morgan fingerprint density at radius 1 is 1.06 bits per heavy atom. The minimum absolute atomic E-state index is 0.0498. The molecule has 0 saturated carbocycles. The summed E-state index contributed by atoms with van der Waals surface area (Å²) in [5, 5.41) is 3.40. The first-order chi connectivity index (χ1) is 14.8. The maximum absolute atomic E-state index is 13.1. The number of aromatic amines is 1. The Hall–Kier alpha value is -2.36. The number of hydrogen-bond acceptors (Lipinski definition) is 4. The van der Waals surface area contributed by atoms with E-state index in [1.54, 1.807) is 29.2 Å². The maximum atomic E-state index is 13.1. The second-order valence-electron chi connectivity index (χ2n) is 7.95. The van der Waals surface area contributed by atoms with Gasteiger partial charge < -0.3 is 15.2 Å². The second-order valence-corrected chi connectivity index (χ2v) is 10.3. The molecule has 1 aromatic carbocycles. The number of halogens is 1. The second kappa shape index (κ2) is 9.02. The minimum Gasteiger partial charge on any atom is -0.356 e. The highest BCUT2D eigenvalue weighted by atomic mass is 35.5. The molecular weight excluding hydrogens is 440 g/mol. The van der Waals surface area contributed by atoms with Crippen molar-refractivity contribution in [2.45, 2.75) is 30.6 Å². The Bertz CT molecular complexity index is 1060. The molecule has 0 aliphatic carbocycles. The fourth-order valence-corrected chi connectivity index (χ4v) is 5.68. The molecule has 2 aliphatic rings. The SMILES string of the molecule is O=C(Nc1ccc(Cl)cc1)C1CCCN(S(=O)(=O)c2c[nH]c(C(=O)N3CCCC3)c2)C1. The molecular formula is C21H25ClN4O4S. The third-order valence-corrected chi connectivity index (χ3v) is 7.88. The van der Waals surface area contributed by atoms with Gasteiger partial charge in [-0.2, -0.15) is 4.31 Å². The lowest BCUT2D eigenvalue weighted by Gasteiger charge is -2.30. The molecule has 1 unspecified atom stereocenters. The molecule has 2 saturated heterocycles. The van der Waals surface area contributed by atoms with Gasteiger partial charge >= 0.3 is 0 Å². The van der Waals surface area contributed by atoms with E-state index in [4.69, 9.17) is 11.6 Å². The lowest BCUT2D eigenvalue weighted by Crippen LogP contribution is -2.43. The minimum atomic E-state index is -3.81. The van der Waals surface area contributed by atoms with Crippen LogP contribution in [0.1, 0.15) is 36.2 Å². The molecule has 4 rings (SSSR count). The zero-order valence-corrected chi connectivity index (χ0v) is 18.6. The van der Waals surface area contributed by atoms with Gasteiger partial charge in [0, 0.05) is 43.1 Å². The van der Waals surface area contributed by atoms with Crippen molar-refractivity contribution >= 4 is 39.1 Å². The smallest absolute Gasteiger partial charge is 0.270 e. The van der Waals surface area contributed by atoms with Crippen LogP contribution in [0.25, 0.3) is 0 Å². The monoisotopic (exact) mass is 464 g/mol. The molecule has 8 nitrogen and oxygen atoms in total. The number of amides is 2. The van der Waals surface area contributed by atoms with Crippen molar-refractivity contribution in [1.82, 2.24) is 14.2 Å². The number of piperidine rings is 1. The fraction of sp³-hybridized carbons (Fsp3) is 0.429. The van der Waals surface area contributed by atoms with Gasteiger partial charge in [0.15, 0.2) is 0 Å². The number of rotatable bonds is 5. The van der Waals surface area contributed by atoms with Gasteiger partial charge in [0.05, 0.1) is 5.92 Å². The predicted molar refractivity (Wildman–Crippen MR) is 117 cm³/mol. The summed E-state index contributed by atoms with van der Waals surface area (Å²) in [5.41, 5.74) is 0.889. The van der Waals surface area contributed by atoms with Crippen LogP contribution in [0, 0.1) is 5.92 Å². The third kappa shape index (κ3) is 4.78. The summed E-state index contributed by atoms with van der Waals surface area (Å²) < 4.78 is 27.6. The van der Waals surface area contributed by atoms with Crippen LogP contribution in [0.15, 0.2) is 41.4 Å². The number of hydrogen-bond donors (Lipinski definition) is 2. The van der Waals surface area contributed by atoms with E-state index >= 15 is 0 Å². The lowest BCUT2D eigenvalue weighted by molar-refractivity contribution is -0.120. The van der Waals surface area contributed by atoms with Crippen LogP contribution in [0.4, 0.5) is 5.69 Å². The molecule has 0 spiro atoms. The Balaban J connectivity index is 1.44. The molecule has 1 aromatic heterocycles. The molecule has 10 heteroatoms. The highest BCUT2D eigenvalue weighted by molar-refractivity contribution is 7.89. The first kappa shape index (κ1) is 21.9. The maximum Gasteiger partial charge on any atom is 0.270 e. The summed E-state index contributed by atoms with van der Waals surface area (Å²) in [6, 6.07) is 8.17. The summed E-state index contributed by atoms with van der Waals surface area (Å²) in [4.78, 5) is 29.8. The van der Waals surface area contributed by atoms with Crippen LogP contribution in [-0.2, 0) is 14.8 Å². The molecule has 1 atom stereocenters. The van der Waals surface area contributed by atoms with Crippen molar-refractivity contribution < 1.29 is 18.0 Å². The molecule has 2 fully saturated rings. The number of nitrogens with one attached hydrogen (secondary N) is 2. The van der Waals surface area contributed by atoms with Crippen LogP contribution < -0.4 is 5.32 Å². The summed E-state index contributed by atoms with van der Waals surface area (Å²) in [5.74, 6) is -0.858. The van der Waals surface area contributed by atoms with E-state index in [1.165, 1.54) is 16.6 Å². The zero-order valence-electron chi connectivity index (χ0n) is 17.0. The summed E-state index contributed by atoms with van der Waals surface area (Å²) in [7, 11) is -3.81. The molecule has 2 amide bonds. The van der Waals surface area contributed by atoms with Crippen LogP contribution in [-0.4, -0.2) is 60.6 Å². The molecule has 0 radical (unpaired) electrons. The molecule has 2 aliphatic heterocycles. The summed E-state index contributed by atoms with van der Waals surface area (Å²) in [6.45, 7) is 1.82. The van der Waals surface area contributed by atoms with Gasteiger partial charge in [0.2, 0.25) is 15.9 Å². The Morgan fingerprint density at radius 2 is 1.77 bits per heavy atom. The predicted octanol–water partition coefficient (Wildman–Crippen LogP) is 2.94. The summed E-state index contributed by atoms with van der Waals surface area (Å²) >= 11 is 5.87. The summed E-state index contributed by atoms with van der Waals surface area (Å²) in [6.07, 6.45) is 4.48. The van der Waals surface area contributed by atoms with Gasteiger partial charge in [-0.1, -0.05) is 11.6 Å². The van der Waals surface area contributed by atoms with Crippen molar-refractivity contribution in [1.29, 1.82) is 0 Å². The van der Waals surface area contributed by atoms with Crippen molar-refractivity contribution in [2.75, 3.05) is 31.5 Å². The number of likely N-dealkylation sites (tertiary alicyclic amines) is 1. The number of H-pyrrole nitrogens is 1. The van der Waals surface area contributed by atoms with E-state index in [2.05, 4.69) is 10.3 Å². The molecule has 3 heterocycles. The first-order valence-electron chi connectivity index (χ1n) is 10.4. The number of anilines is 1. The van der Waals surface area contributed by atoms with Crippen molar-refractivity contribution in [2.24, 2.45) is 5.92 Å².